The molecule has 1 saturated heterocycles. The lowest BCUT2D eigenvalue weighted by molar-refractivity contribution is 0.196. The molecule has 146 valence electrons. The highest BCUT2D eigenvalue weighted by molar-refractivity contribution is 7.09. The summed E-state index contributed by atoms with van der Waals surface area (Å²) in [6.07, 6.45) is 4.09. The fourth-order valence-electron chi connectivity index (χ4n) is 3.19. The number of hydrogen-bond donors (Lipinski definition) is 2. The van der Waals surface area contributed by atoms with E-state index in [1.165, 1.54) is 5.01 Å². The Bertz CT molecular complexity index is 719. The molecule has 0 spiro atoms. The van der Waals surface area contributed by atoms with Gasteiger partial charge in [-0.15, -0.1) is 11.3 Å². The molecular weight excluding hydrogens is 356 g/mol. The van der Waals surface area contributed by atoms with Gasteiger partial charge in [-0.3, -0.25) is 14.9 Å². The van der Waals surface area contributed by atoms with Crippen molar-refractivity contribution in [2.24, 2.45) is 4.99 Å². The Kier molecular flexibility index (Phi) is 7.18. The third-order valence-electron chi connectivity index (χ3n) is 4.76. The predicted octanol–water partition coefficient (Wildman–Crippen LogP) is 2.99. The summed E-state index contributed by atoms with van der Waals surface area (Å²) in [6.45, 7) is 8.15. The monoisotopic (exact) mass is 386 g/mol. The van der Waals surface area contributed by atoms with E-state index in [1.54, 1.807) is 11.3 Å². The first kappa shape index (κ1) is 19.8. The fraction of sp³-hybridized carbons (Fsp3) is 0.550. The third-order valence-corrected chi connectivity index (χ3v) is 5.96. The quantitative estimate of drug-likeness (QED) is 0.590. The first-order chi connectivity index (χ1) is 13.1. The van der Waals surface area contributed by atoms with Crippen LogP contribution in [-0.4, -0.2) is 47.0 Å². The van der Waals surface area contributed by atoms with Gasteiger partial charge in [-0.05, 0) is 25.0 Å². The number of nitrogens with one attached hydrogen (secondary N) is 2. The van der Waals surface area contributed by atoms with Crippen LogP contribution in [0.4, 0.5) is 0 Å². The lowest BCUT2D eigenvalue weighted by atomic mass is 10.0. The van der Waals surface area contributed by atoms with Crippen LogP contribution in [0.2, 0.25) is 0 Å². The first-order valence-corrected chi connectivity index (χ1v) is 10.6. The number of pyridine rings is 1. The first-order valence-electron chi connectivity index (χ1n) is 9.67. The van der Waals surface area contributed by atoms with Gasteiger partial charge >= 0.3 is 0 Å². The molecule has 0 bridgehead atoms. The zero-order valence-electron chi connectivity index (χ0n) is 16.5. The second-order valence-electron chi connectivity index (χ2n) is 7.27. The van der Waals surface area contributed by atoms with Crippen LogP contribution in [0.5, 0.6) is 0 Å². The number of guanidine groups is 1. The smallest absolute Gasteiger partial charge is 0.191 e. The highest BCUT2D eigenvalue weighted by Crippen LogP contribution is 2.19. The minimum Gasteiger partial charge on any atom is -0.354 e. The van der Waals surface area contributed by atoms with E-state index < -0.39 is 0 Å². The molecule has 1 aliphatic heterocycles. The summed E-state index contributed by atoms with van der Waals surface area (Å²) in [4.78, 5) is 15.9. The summed E-state index contributed by atoms with van der Waals surface area (Å²) in [5, 5.41) is 10.3. The van der Waals surface area contributed by atoms with Crippen molar-refractivity contribution in [3.05, 3.63) is 46.2 Å². The van der Waals surface area contributed by atoms with Gasteiger partial charge in [-0.25, -0.2) is 4.98 Å². The average molecular weight is 387 g/mol. The number of thiazole rings is 1. The Balaban J connectivity index is 1.41. The van der Waals surface area contributed by atoms with E-state index in [9.17, 15) is 0 Å². The zero-order valence-corrected chi connectivity index (χ0v) is 17.3. The summed E-state index contributed by atoms with van der Waals surface area (Å²) < 4.78 is 0. The molecular formula is C20H30N6S. The van der Waals surface area contributed by atoms with E-state index in [2.05, 4.69) is 61.9 Å². The summed E-state index contributed by atoms with van der Waals surface area (Å²) in [5.74, 6) is 1.34. The van der Waals surface area contributed by atoms with E-state index in [1.807, 2.05) is 19.3 Å². The number of aliphatic imine (C=N–C) groups is 1. The van der Waals surface area contributed by atoms with Crippen LogP contribution in [0.25, 0.3) is 0 Å². The van der Waals surface area contributed by atoms with Crippen LogP contribution in [-0.2, 0) is 13.1 Å². The van der Waals surface area contributed by atoms with Crippen molar-refractivity contribution in [2.45, 2.75) is 51.7 Å². The maximum atomic E-state index is 4.67. The Morgan fingerprint density at radius 3 is 2.74 bits per heavy atom. The minimum atomic E-state index is 0.456. The van der Waals surface area contributed by atoms with Crippen molar-refractivity contribution in [3.8, 4) is 0 Å². The molecule has 6 nitrogen and oxygen atoms in total. The summed E-state index contributed by atoms with van der Waals surface area (Å²) in [6, 6.07) is 6.57. The number of piperidine rings is 1. The molecule has 0 aliphatic carbocycles. The van der Waals surface area contributed by atoms with Crippen LogP contribution < -0.4 is 10.6 Å². The molecule has 1 aliphatic rings. The number of likely N-dealkylation sites (tertiary alicyclic amines) is 1. The lowest BCUT2D eigenvalue weighted by Gasteiger charge is -2.32. The Morgan fingerprint density at radius 1 is 1.30 bits per heavy atom. The van der Waals surface area contributed by atoms with Crippen LogP contribution in [0.1, 0.15) is 49.0 Å². The molecule has 3 rings (SSSR count). The molecule has 2 aromatic heterocycles. The summed E-state index contributed by atoms with van der Waals surface area (Å²) in [7, 11) is 1.83. The maximum Gasteiger partial charge on any atom is 0.191 e. The normalized spacial score (nSPS) is 16.7. The summed E-state index contributed by atoms with van der Waals surface area (Å²) >= 11 is 1.73. The van der Waals surface area contributed by atoms with E-state index in [-0.39, 0.29) is 0 Å². The van der Waals surface area contributed by atoms with Crippen molar-refractivity contribution in [1.82, 2.24) is 25.5 Å². The summed E-state index contributed by atoms with van der Waals surface area (Å²) in [5.41, 5.74) is 2.22. The second kappa shape index (κ2) is 9.80. The van der Waals surface area contributed by atoms with Gasteiger partial charge in [0.25, 0.3) is 0 Å². The van der Waals surface area contributed by atoms with Crippen LogP contribution in [0, 0.1) is 0 Å². The zero-order chi connectivity index (χ0) is 19.1. The van der Waals surface area contributed by atoms with Crippen LogP contribution in [0.15, 0.2) is 34.8 Å². The number of rotatable bonds is 6. The van der Waals surface area contributed by atoms with Gasteiger partial charge in [0.2, 0.25) is 0 Å². The van der Waals surface area contributed by atoms with E-state index in [0.717, 1.165) is 49.8 Å². The highest BCUT2D eigenvalue weighted by Gasteiger charge is 2.20. The molecule has 0 radical (unpaired) electrons. The molecule has 1 fully saturated rings. The van der Waals surface area contributed by atoms with Crippen molar-refractivity contribution in [3.63, 3.8) is 0 Å². The lowest BCUT2D eigenvalue weighted by Crippen LogP contribution is -2.48. The largest absolute Gasteiger partial charge is 0.354 e. The van der Waals surface area contributed by atoms with E-state index >= 15 is 0 Å². The fourth-order valence-corrected chi connectivity index (χ4v) is 4.02. The van der Waals surface area contributed by atoms with Gasteiger partial charge in [-0.1, -0.05) is 19.9 Å². The standard InChI is InChI=1S/C20H30N6S/c1-15(2)19-24-18(14-27-19)12-23-20(21-3)25-16-7-10-26(11-8-16)13-17-6-4-5-9-22-17/h4-6,9,14-16H,7-8,10-13H2,1-3H3,(H2,21,23,25). The molecule has 0 unspecified atom stereocenters. The SMILES string of the molecule is CN=C(NCc1csc(C(C)C)n1)NC1CCN(Cc2ccccn2)CC1. The van der Waals surface area contributed by atoms with Gasteiger partial charge < -0.3 is 10.6 Å². The maximum absolute atomic E-state index is 4.67. The minimum absolute atomic E-state index is 0.456. The second-order valence-corrected chi connectivity index (χ2v) is 8.16. The van der Waals surface area contributed by atoms with Gasteiger partial charge in [-0.2, -0.15) is 0 Å². The molecule has 0 saturated carbocycles. The third kappa shape index (κ3) is 6.01. The van der Waals surface area contributed by atoms with Gasteiger partial charge in [0, 0.05) is 50.2 Å². The topological polar surface area (TPSA) is 65.4 Å². The number of hydrogen-bond acceptors (Lipinski definition) is 5. The molecule has 0 amide bonds. The number of nitrogens with zero attached hydrogens (tertiary/aromatic N) is 4. The van der Waals surface area contributed by atoms with Crippen molar-refractivity contribution >= 4 is 17.3 Å². The van der Waals surface area contributed by atoms with Gasteiger partial charge in [0.05, 0.1) is 22.9 Å². The Labute approximate surface area is 166 Å². The van der Waals surface area contributed by atoms with E-state index in [4.69, 9.17) is 0 Å². The molecule has 2 aromatic rings. The van der Waals surface area contributed by atoms with Crippen molar-refractivity contribution in [2.75, 3.05) is 20.1 Å². The Morgan fingerprint density at radius 2 is 2.11 bits per heavy atom. The molecule has 27 heavy (non-hydrogen) atoms. The molecule has 0 aromatic carbocycles. The van der Waals surface area contributed by atoms with Gasteiger partial charge in [0.15, 0.2) is 5.96 Å². The predicted molar refractivity (Wildman–Crippen MR) is 112 cm³/mol. The Hall–Kier alpha value is -1.99. The average Bonchev–Trinajstić information content (AvgIpc) is 3.17. The molecule has 2 N–H and O–H groups in total. The molecule has 3 heterocycles. The number of aromatic nitrogens is 2. The van der Waals surface area contributed by atoms with E-state index in [0.29, 0.717) is 18.5 Å². The van der Waals surface area contributed by atoms with Crippen LogP contribution in [0.3, 0.4) is 0 Å². The van der Waals surface area contributed by atoms with Gasteiger partial charge in [0.1, 0.15) is 0 Å². The molecule has 0 atom stereocenters. The van der Waals surface area contributed by atoms with Crippen molar-refractivity contribution < 1.29 is 0 Å². The van der Waals surface area contributed by atoms with Crippen LogP contribution >= 0.6 is 11.3 Å². The highest BCUT2D eigenvalue weighted by atomic mass is 32.1. The van der Waals surface area contributed by atoms with Crippen molar-refractivity contribution in [1.29, 1.82) is 0 Å². The molecule has 7 heteroatoms.